The number of carboxylic acids is 1. The van der Waals surface area contributed by atoms with E-state index in [-0.39, 0.29) is 11.5 Å². The number of nitrogens with zero attached hydrogens (tertiary/aromatic N) is 1. The van der Waals surface area contributed by atoms with Crippen LogP contribution in [0.25, 0.3) is 28.1 Å². The first-order valence-electron chi connectivity index (χ1n) is 12.4. The van der Waals surface area contributed by atoms with Crippen molar-refractivity contribution in [1.82, 2.24) is 9.88 Å². The molecule has 1 aliphatic heterocycles. The second-order valence-corrected chi connectivity index (χ2v) is 10.6. The number of aromatic amines is 1. The van der Waals surface area contributed by atoms with E-state index in [4.69, 9.17) is 31.5 Å². The highest BCUT2D eigenvalue weighted by Crippen LogP contribution is 2.36. The van der Waals surface area contributed by atoms with Crippen LogP contribution in [0.3, 0.4) is 0 Å². The minimum Gasteiger partial charge on any atom is -0.496 e. The topological polar surface area (TPSA) is 101 Å². The molecule has 0 radical (unpaired) electrons. The molecular weight excluding hydrogens is 548 g/mol. The molecule has 8 nitrogen and oxygen atoms in total. The molecule has 1 amide bonds. The third-order valence-corrected chi connectivity index (χ3v) is 7.83. The van der Waals surface area contributed by atoms with Gasteiger partial charge in [0.2, 0.25) is 0 Å². The first kappa shape index (κ1) is 27.3. The number of amides is 1. The molecule has 1 fully saturated rings. The van der Waals surface area contributed by atoms with E-state index in [1.807, 2.05) is 48.7 Å². The van der Waals surface area contributed by atoms with Gasteiger partial charge in [-0.1, -0.05) is 36.1 Å². The number of hydrogen-bond acceptors (Lipinski definition) is 7. The summed E-state index contributed by atoms with van der Waals surface area (Å²) < 4.78 is 17.1. The normalized spacial score (nSPS) is 14.2. The number of rotatable bonds is 10. The monoisotopic (exact) mass is 574 g/mol. The molecule has 0 aliphatic carbocycles. The smallest absolute Gasteiger partial charge is 0.335 e. The number of H-pyrrole nitrogens is 1. The molecule has 0 spiro atoms. The third kappa shape index (κ3) is 5.68. The first-order valence-corrected chi connectivity index (χ1v) is 13.7. The molecule has 2 N–H and O–H groups in total. The lowest BCUT2D eigenvalue weighted by molar-refractivity contribution is -0.122. The average Bonchev–Trinajstić information content (AvgIpc) is 3.54. The van der Waals surface area contributed by atoms with Crippen molar-refractivity contribution in [3.05, 3.63) is 82.9 Å². The summed E-state index contributed by atoms with van der Waals surface area (Å²) >= 11 is 6.77. The number of carbonyl (C=O) groups excluding carboxylic acids is 1. The lowest BCUT2D eigenvalue weighted by Gasteiger charge is -2.15. The number of methoxy groups -OCH3 is 2. The Bertz CT molecular complexity index is 1640. The van der Waals surface area contributed by atoms with Crippen LogP contribution in [0.15, 0.2) is 71.8 Å². The van der Waals surface area contributed by atoms with Gasteiger partial charge in [-0.3, -0.25) is 9.69 Å². The predicted octanol–water partition coefficient (Wildman–Crippen LogP) is 6.22. The van der Waals surface area contributed by atoms with Crippen LogP contribution in [0.1, 0.15) is 22.3 Å². The summed E-state index contributed by atoms with van der Waals surface area (Å²) in [4.78, 5) is 29.7. The lowest BCUT2D eigenvalue weighted by Crippen LogP contribution is -2.29. The van der Waals surface area contributed by atoms with Crippen molar-refractivity contribution in [2.45, 2.75) is 6.42 Å². The SMILES string of the molecule is COc1cc(C(=O)O)ccc1OCCCN1C(=O)/C(=C/c2ccc(OC)c(-c3ccc4[nH]ccc4c3)c2)SC1=S. The summed E-state index contributed by atoms with van der Waals surface area (Å²) in [5.74, 6) is 0.318. The maximum atomic E-state index is 13.2. The second kappa shape index (κ2) is 11.8. The fourth-order valence-electron chi connectivity index (χ4n) is 4.43. The van der Waals surface area contributed by atoms with Crippen LogP contribution >= 0.6 is 24.0 Å². The summed E-state index contributed by atoms with van der Waals surface area (Å²) in [6.07, 6.45) is 4.28. The van der Waals surface area contributed by atoms with Gasteiger partial charge in [-0.15, -0.1) is 0 Å². The number of hydrogen-bond donors (Lipinski definition) is 2. The molecule has 0 unspecified atom stereocenters. The van der Waals surface area contributed by atoms with Gasteiger partial charge in [-0.25, -0.2) is 4.79 Å². The number of thioether (sulfide) groups is 1. The summed E-state index contributed by atoms with van der Waals surface area (Å²) in [7, 11) is 3.09. The summed E-state index contributed by atoms with van der Waals surface area (Å²) in [6, 6.07) is 18.5. The quantitative estimate of drug-likeness (QED) is 0.131. The van der Waals surface area contributed by atoms with Gasteiger partial charge in [-0.2, -0.15) is 0 Å². The highest BCUT2D eigenvalue weighted by molar-refractivity contribution is 8.26. The summed E-state index contributed by atoms with van der Waals surface area (Å²) in [6.45, 7) is 0.689. The number of fused-ring (bicyclic) bond motifs is 1. The van der Waals surface area contributed by atoms with Gasteiger partial charge < -0.3 is 24.3 Å². The Morgan fingerprint density at radius 2 is 1.82 bits per heavy atom. The second-order valence-electron chi connectivity index (χ2n) is 8.95. The summed E-state index contributed by atoms with van der Waals surface area (Å²) in [5, 5.41) is 10.3. The molecule has 0 atom stereocenters. The van der Waals surface area contributed by atoms with E-state index in [0.717, 1.165) is 33.3 Å². The molecule has 0 saturated carbocycles. The van der Waals surface area contributed by atoms with Crippen LogP contribution in [0, 0.1) is 0 Å². The Hall–Kier alpha value is -4.28. The number of ether oxygens (including phenoxy) is 3. The van der Waals surface area contributed by atoms with Gasteiger partial charge in [0, 0.05) is 23.8 Å². The van der Waals surface area contributed by atoms with E-state index in [1.54, 1.807) is 18.1 Å². The zero-order chi connectivity index (χ0) is 28.2. The zero-order valence-corrected chi connectivity index (χ0v) is 23.4. The van der Waals surface area contributed by atoms with Gasteiger partial charge in [0.1, 0.15) is 10.1 Å². The lowest BCUT2D eigenvalue weighted by atomic mass is 10.0. The van der Waals surface area contributed by atoms with Crippen molar-refractivity contribution >= 4 is 57.2 Å². The average molecular weight is 575 g/mol. The van der Waals surface area contributed by atoms with Crippen molar-refractivity contribution in [2.75, 3.05) is 27.4 Å². The van der Waals surface area contributed by atoms with Crippen LogP contribution in [0.5, 0.6) is 17.2 Å². The summed E-state index contributed by atoms with van der Waals surface area (Å²) in [5.41, 5.74) is 3.98. The van der Waals surface area contributed by atoms with E-state index in [0.29, 0.717) is 40.3 Å². The Morgan fingerprint density at radius 3 is 2.60 bits per heavy atom. The minimum atomic E-state index is -1.05. The van der Waals surface area contributed by atoms with Crippen molar-refractivity contribution in [3.8, 4) is 28.4 Å². The Labute approximate surface area is 240 Å². The zero-order valence-electron chi connectivity index (χ0n) is 21.8. The van der Waals surface area contributed by atoms with Gasteiger partial charge in [0.25, 0.3) is 5.91 Å². The molecule has 4 aromatic rings. The van der Waals surface area contributed by atoms with Crippen LogP contribution < -0.4 is 14.2 Å². The molecule has 10 heteroatoms. The first-order chi connectivity index (χ1) is 19.4. The largest absolute Gasteiger partial charge is 0.496 e. The van der Waals surface area contributed by atoms with Crippen molar-refractivity contribution in [1.29, 1.82) is 0 Å². The van der Waals surface area contributed by atoms with Gasteiger partial charge >= 0.3 is 5.97 Å². The number of carbonyl (C=O) groups is 2. The standard InChI is InChI=1S/C30H26N2O6S2/c1-36-24-8-4-18(14-22(24)19-5-7-23-20(16-19)10-11-31-23)15-27-28(33)32(30(39)40-27)12-3-13-38-25-9-6-21(29(34)35)17-26(25)37-2/h4-11,14-17,31H,3,12-13H2,1-2H3,(H,34,35)/b27-15-. The van der Waals surface area contributed by atoms with E-state index in [1.165, 1.54) is 31.0 Å². The Morgan fingerprint density at radius 1 is 1.02 bits per heavy atom. The molecule has 1 aliphatic rings. The van der Waals surface area contributed by atoms with E-state index in [2.05, 4.69) is 11.1 Å². The van der Waals surface area contributed by atoms with Gasteiger partial charge in [0.05, 0.1) is 31.3 Å². The molecule has 1 saturated heterocycles. The Balaban J connectivity index is 1.26. The number of aromatic nitrogens is 1. The van der Waals surface area contributed by atoms with E-state index < -0.39 is 5.97 Å². The minimum absolute atomic E-state index is 0.110. The maximum Gasteiger partial charge on any atom is 0.335 e. The van der Waals surface area contributed by atoms with E-state index in [9.17, 15) is 9.59 Å². The van der Waals surface area contributed by atoms with Crippen LogP contribution in [-0.2, 0) is 4.79 Å². The molecule has 40 heavy (non-hydrogen) atoms. The highest BCUT2D eigenvalue weighted by atomic mass is 32.2. The number of benzene rings is 3. The number of nitrogens with one attached hydrogen (secondary N) is 1. The molecule has 0 bridgehead atoms. The van der Waals surface area contributed by atoms with Crippen molar-refractivity contribution in [2.24, 2.45) is 0 Å². The van der Waals surface area contributed by atoms with Crippen LogP contribution in [-0.4, -0.2) is 58.6 Å². The molecule has 1 aromatic heterocycles. The van der Waals surface area contributed by atoms with Crippen molar-refractivity contribution in [3.63, 3.8) is 0 Å². The Kier molecular flexibility index (Phi) is 8.09. The third-order valence-electron chi connectivity index (χ3n) is 6.45. The maximum absolute atomic E-state index is 13.2. The number of thiocarbonyl (C=S) groups is 1. The van der Waals surface area contributed by atoms with Gasteiger partial charge in [-0.05, 0) is 77.5 Å². The molecule has 2 heterocycles. The fourth-order valence-corrected chi connectivity index (χ4v) is 5.74. The predicted molar refractivity (Wildman–Crippen MR) is 160 cm³/mol. The number of carboxylic acid groups (broad SMARTS) is 1. The molecule has 5 rings (SSSR count). The fraction of sp³-hybridized carbons (Fsp3) is 0.167. The van der Waals surface area contributed by atoms with Crippen LogP contribution in [0.2, 0.25) is 0 Å². The van der Waals surface area contributed by atoms with Gasteiger partial charge in [0.15, 0.2) is 11.5 Å². The molecular formula is C30H26N2O6S2. The van der Waals surface area contributed by atoms with E-state index >= 15 is 0 Å². The highest BCUT2D eigenvalue weighted by Gasteiger charge is 2.31. The molecule has 204 valence electrons. The number of aromatic carboxylic acids is 1. The van der Waals surface area contributed by atoms with Crippen molar-refractivity contribution < 1.29 is 28.9 Å². The molecule has 3 aromatic carbocycles. The van der Waals surface area contributed by atoms with Crippen LogP contribution in [0.4, 0.5) is 0 Å².